The Labute approximate surface area is 102 Å². The van der Waals surface area contributed by atoms with Crippen molar-refractivity contribution < 1.29 is 13.5 Å². The number of methoxy groups -OCH3 is 1. The van der Waals surface area contributed by atoms with Gasteiger partial charge in [-0.3, -0.25) is 0 Å². The van der Waals surface area contributed by atoms with E-state index < -0.39 is 11.6 Å². The molecule has 0 aliphatic carbocycles. The number of benzene rings is 1. The van der Waals surface area contributed by atoms with E-state index in [9.17, 15) is 8.78 Å². The molecule has 0 aromatic heterocycles. The van der Waals surface area contributed by atoms with Crippen LogP contribution in [0.15, 0.2) is 10.5 Å². The van der Waals surface area contributed by atoms with E-state index in [4.69, 9.17) is 10.5 Å². The Kier molecular flexibility index (Phi) is 5.15. The van der Waals surface area contributed by atoms with Gasteiger partial charge < -0.3 is 10.5 Å². The topological polar surface area (TPSA) is 35.2 Å². The average molecular weight is 294 g/mol. The van der Waals surface area contributed by atoms with Gasteiger partial charge in [0.15, 0.2) is 11.6 Å². The fraction of sp³-hybridized carbons (Fsp3) is 0.455. The highest BCUT2D eigenvalue weighted by molar-refractivity contribution is 9.10. The van der Waals surface area contributed by atoms with Gasteiger partial charge in [-0.1, -0.05) is 0 Å². The van der Waals surface area contributed by atoms with E-state index in [1.807, 2.05) is 0 Å². The Bertz CT molecular complexity index is 371. The van der Waals surface area contributed by atoms with Crippen LogP contribution < -0.4 is 10.5 Å². The molecule has 2 N–H and O–H groups in total. The minimum absolute atomic E-state index is 0.0160. The Morgan fingerprint density at radius 3 is 2.56 bits per heavy atom. The highest BCUT2D eigenvalue weighted by Gasteiger charge is 2.17. The number of unbranched alkanes of at least 4 members (excludes halogenated alkanes) is 1. The minimum atomic E-state index is -0.945. The third-order valence-corrected chi connectivity index (χ3v) is 2.88. The van der Waals surface area contributed by atoms with E-state index in [0.29, 0.717) is 18.5 Å². The van der Waals surface area contributed by atoms with Crippen LogP contribution in [0.3, 0.4) is 0 Å². The lowest BCUT2D eigenvalue weighted by molar-refractivity contribution is 0.365. The molecule has 0 aliphatic rings. The smallest absolute Gasteiger partial charge is 0.202 e. The molecule has 90 valence electrons. The van der Waals surface area contributed by atoms with Gasteiger partial charge in [0.05, 0.1) is 11.6 Å². The van der Waals surface area contributed by atoms with Crippen molar-refractivity contribution in [3.63, 3.8) is 0 Å². The summed E-state index contributed by atoms with van der Waals surface area (Å²) in [5.41, 5.74) is 6.03. The monoisotopic (exact) mass is 293 g/mol. The number of hydrogen-bond donors (Lipinski definition) is 1. The normalized spacial score (nSPS) is 10.6. The van der Waals surface area contributed by atoms with Crippen LogP contribution >= 0.6 is 15.9 Å². The van der Waals surface area contributed by atoms with E-state index in [1.165, 1.54) is 7.11 Å². The standard InChI is InChI=1S/C11H14BrF2NO/c1-16-11-7(4-2-3-5-15)6-8(12)9(13)10(11)14/h6H,2-5,15H2,1H3. The van der Waals surface area contributed by atoms with Gasteiger partial charge in [0, 0.05) is 0 Å². The molecule has 1 aromatic rings. The zero-order valence-corrected chi connectivity index (χ0v) is 10.6. The van der Waals surface area contributed by atoms with E-state index >= 15 is 0 Å². The summed E-state index contributed by atoms with van der Waals surface area (Å²) in [5.74, 6) is -1.88. The summed E-state index contributed by atoms with van der Waals surface area (Å²) in [6.07, 6.45) is 2.29. The van der Waals surface area contributed by atoms with Gasteiger partial charge >= 0.3 is 0 Å². The number of ether oxygens (including phenoxy) is 1. The van der Waals surface area contributed by atoms with E-state index in [1.54, 1.807) is 6.07 Å². The van der Waals surface area contributed by atoms with Crippen molar-refractivity contribution in [2.45, 2.75) is 19.3 Å². The summed E-state index contributed by atoms with van der Waals surface area (Å²) in [7, 11) is 1.33. The maximum atomic E-state index is 13.5. The first-order valence-corrected chi connectivity index (χ1v) is 5.81. The summed E-state index contributed by atoms with van der Waals surface area (Å²) in [4.78, 5) is 0. The van der Waals surface area contributed by atoms with Gasteiger partial charge in [-0.2, -0.15) is 4.39 Å². The molecule has 0 spiro atoms. The highest BCUT2D eigenvalue weighted by atomic mass is 79.9. The Balaban J connectivity index is 2.98. The molecule has 0 unspecified atom stereocenters. The lowest BCUT2D eigenvalue weighted by Gasteiger charge is -2.11. The molecule has 16 heavy (non-hydrogen) atoms. The van der Waals surface area contributed by atoms with Gasteiger partial charge in [-0.25, -0.2) is 4.39 Å². The van der Waals surface area contributed by atoms with Crippen LogP contribution in [0.1, 0.15) is 18.4 Å². The van der Waals surface area contributed by atoms with Crippen molar-refractivity contribution in [2.75, 3.05) is 13.7 Å². The van der Waals surface area contributed by atoms with Crippen LogP contribution in [0, 0.1) is 11.6 Å². The first-order valence-electron chi connectivity index (χ1n) is 5.02. The van der Waals surface area contributed by atoms with Crippen molar-refractivity contribution in [3.05, 3.63) is 27.7 Å². The number of aryl methyl sites for hydroxylation is 1. The Morgan fingerprint density at radius 2 is 2.00 bits per heavy atom. The van der Waals surface area contributed by atoms with Crippen LogP contribution in [0.4, 0.5) is 8.78 Å². The van der Waals surface area contributed by atoms with E-state index in [2.05, 4.69) is 15.9 Å². The summed E-state index contributed by atoms with van der Waals surface area (Å²) < 4.78 is 31.7. The van der Waals surface area contributed by atoms with Crippen molar-refractivity contribution >= 4 is 15.9 Å². The predicted octanol–water partition coefficient (Wildman–Crippen LogP) is 3.02. The molecule has 0 saturated heterocycles. The van der Waals surface area contributed by atoms with Crippen molar-refractivity contribution in [3.8, 4) is 5.75 Å². The molecule has 0 fully saturated rings. The molecular weight excluding hydrogens is 280 g/mol. The number of hydrogen-bond acceptors (Lipinski definition) is 2. The third-order valence-electron chi connectivity index (χ3n) is 2.30. The van der Waals surface area contributed by atoms with Gasteiger partial charge in [0.2, 0.25) is 5.82 Å². The molecule has 5 heteroatoms. The van der Waals surface area contributed by atoms with Crippen LogP contribution in [-0.4, -0.2) is 13.7 Å². The molecule has 0 saturated carbocycles. The van der Waals surface area contributed by atoms with Gasteiger partial charge in [-0.15, -0.1) is 0 Å². The second kappa shape index (κ2) is 6.15. The van der Waals surface area contributed by atoms with Gasteiger partial charge in [0.25, 0.3) is 0 Å². The molecule has 0 bridgehead atoms. The largest absolute Gasteiger partial charge is 0.493 e. The quantitative estimate of drug-likeness (QED) is 0.669. The van der Waals surface area contributed by atoms with Crippen LogP contribution in [-0.2, 0) is 6.42 Å². The first-order chi connectivity index (χ1) is 7.61. The highest BCUT2D eigenvalue weighted by Crippen LogP contribution is 2.31. The van der Waals surface area contributed by atoms with E-state index in [-0.39, 0.29) is 10.2 Å². The summed E-state index contributed by atoms with van der Waals surface area (Å²) in [6, 6.07) is 1.55. The SMILES string of the molecule is COc1c(CCCCN)cc(Br)c(F)c1F. The number of nitrogens with two attached hydrogens (primary N) is 1. The molecule has 1 aromatic carbocycles. The lowest BCUT2D eigenvalue weighted by atomic mass is 10.1. The van der Waals surface area contributed by atoms with Crippen LogP contribution in [0.5, 0.6) is 5.75 Å². The van der Waals surface area contributed by atoms with Crippen LogP contribution in [0.25, 0.3) is 0 Å². The lowest BCUT2D eigenvalue weighted by Crippen LogP contribution is -2.02. The number of halogens is 3. The Morgan fingerprint density at radius 1 is 1.31 bits per heavy atom. The molecule has 0 atom stereocenters. The summed E-state index contributed by atoms with van der Waals surface area (Å²) >= 11 is 2.97. The van der Waals surface area contributed by atoms with Gasteiger partial charge in [0.1, 0.15) is 0 Å². The minimum Gasteiger partial charge on any atom is -0.493 e. The molecular formula is C11H14BrF2NO. The Hall–Kier alpha value is -0.680. The summed E-state index contributed by atoms with van der Waals surface area (Å²) in [5, 5.41) is 0. The molecule has 0 heterocycles. The molecule has 0 radical (unpaired) electrons. The number of rotatable bonds is 5. The maximum Gasteiger partial charge on any atom is 0.202 e. The second-order valence-corrected chi connectivity index (χ2v) is 4.28. The zero-order chi connectivity index (χ0) is 12.1. The van der Waals surface area contributed by atoms with E-state index in [0.717, 1.165) is 12.8 Å². The average Bonchev–Trinajstić information content (AvgIpc) is 2.27. The van der Waals surface area contributed by atoms with Crippen LogP contribution in [0.2, 0.25) is 0 Å². The molecule has 2 nitrogen and oxygen atoms in total. The molecule has 0 aliphatic heterocycles. The fourth-order valence-corrected chi connectivity index (χ4v) is 1.94. The predicted molar refractivity (Wildman–Crippen MR) is 62.6 cm³/mol. The second-order valence-electron chi connectivity index (χ2n) is 3.42. The summed E-state index contributed by atoms with van der Waals surface area (Å²) in [6.45, 7) is 0.590. The fourth-order valence-electron chi connectivity index (χ4n) is 1.49. The first kappa shape index (κ1) is 13.4. The van der Waals surface area contributed by atoms with Crippen molar-refractivity contribution in [1.82, 2.24) is 0 Å². The van der Waals surface area contributed by atoms with Crippen molar-refractivity contribution in [2.24, 2.45) is 5.73 Å². The molecule has 0 amide bonds. The zero-order valence-electron chi connectivity index (χ0n) is 9.03. The van der Waals surface area contributed by atoms with Crippen molar-refractivity contribution in [1.29, 1.82) is 0 Å². The van der Waals surface area contributed by atoms with Gasteiger partial charge in [-0.05, 0) is 53.4 Å². The molecule has 1 rings (SSSR count). The maximum absolute atomic E-state index is 13.5. The third kappa shape index (κ3) is 2.92.